The highest BCUT2D eigenvalue weighted by atomic mass is 19.4. The molecule has 2 atom stereocenters. The number of carbonyl (C=O) groups excluding carboxylic acids is 1. The van der Waals surface area contributed by atoms with E-state index in [1.54, 1.807) is 11.0 Å². The minimum absolute atomic E-state index is 0.219. The van der Waals surface area contributed by atoms with Gasteiger partial charge in [0.25, 0.3) is 0 Å². The summed E-state index contributed by atoms with van der Waals surface area (Å²) >= 11 is 0. The lowest BCUT2D eigenvalue weighted by Crippen LogP contribution is -2.34. The Kier molecular flexibility index (Phi) is 7.62. The van der Waals surface area contributed by atoms with Crippen LogP contribution < -0.4 is 14.4 Å². The normalized spacial score (nSPS) is 18.5. The van der Waals surface area contributed by atoms with E-state index in [0.717, 1.165) is 12.1 Å². The third-order valence-electron chi connectivity index (χ3n) is 5.19. The summed E-state index contributed by atoms with van der Waals surface area (Å²) in [4.78, 5) is 13.6. The molecule has 0 unspecified atom stereocenters. The Morgan fingerprint density at radius 3 is 2.39 bits per heavy atom. The monoisotopic (exact) mass is 475 g/mol. The van der Waals surface area contributed by atoms with Gasteiger partial charge in [0.15, 0.2) is 0 Å². The molecule has 0 aliphatic carbocycles. The summed E-state index contributed by atoms with van der Waals surface area (Å²) in [6, 6.07) is 8.29. The zero-order chi connectivity index (χ0) is 24.2. The second-order valence-corrected chi connectivity index (χ2v) is 7.28. The summed E-state index contributed by atoms with van der Waals surface area (Å²) in [5, 5.41) is 0. The van der Waals surface area contributed by atoms with Gasteiger partial charge in [0, 0.05) is 6.42 Å². The molecule has 1 saturated heterocycles. The van der Waals surface area contributed by atoms with Gasteiger partial charge in [-0.25, -0.2) is 4.79 Å². The maximum absolute atomic E-state index is 12.8. The predicted molar refractivity (Wildman–Crippen MR) is 108 cm³/mol. The molecular weight excluding hydrogens is 453 g/mol. The summed E-state index contributed by atoms with van der Waals surface area (Å²) in [6.45, 7) is -3.05. The molecule has 0 aromatic heterocycles. The largest absolute Gasteiger partial charge is 0.495 e. The van der Waals surface area contributed by atoms with Crippen LogP contribution in [-0.4, -0.2) is 52.1 Å². The number of hydrogen-bond donors (Lipinski definition) is 0. The van der Waals surface area contributed by atoms with Crippen molar-refractivity contribution in [2.45, 2.75) is 31.4 Å². The lowest BCUT2D eigenvalue weighted by atomic mass is 10.1. The average molecular weight is 475 g/mol. The smallest absolute Gasteiger partial charge is 0.416 e. The van der Waals surface area contributed by atoms with Crippen molar-refractivity contribution in [1.82, 2.24) is 0 Å². The van der Waals surface area contributed by atoms with Crippen LogP contribution in [0.2, 0.25) is 0 Å². The summed E-state index contributed by atoms with van der Waals surface area (Å²) in [5.41, 5.74) is -0.0386. The van der Waals surface area contributed by atoms with Crippen molar-refractivity contribution < 1.29 is 45.7 Å². The highest BCUT2D eigenvalue weighted by molar-refractivity contribution is 5.90. The lowest BCUT2D eigenvalue weighted by molar-refractivity contribution is -0.137. The van der Waals surface area contributed by atoms with Gasteiger partial charge >= 0.3 is 18.8 Å². The number of hydrogen-bond acceptors (Lipinski definition) is 6. The number of rotatable bonds is 8. The molecule has 1 heterocycles. The van der Waals surface area contributed by atoms with Gasteiger partial charge in [-0.1, -0.05) is 0 Å². The second kappa shape index (κ2) is 10.2. The third kappa shape index (κ3) is 6.04. The molecule has 11 heteroatoms. The average Bonchev–Trinajstić information content (AvgIpc) is 3.18. The van der Waals surface area contributed by atoms with Gasteiger partial charge in [0.2, 0.25) is 0 Å². The van der Waals surface area contributed by atoms with E-state index in [1.165, 1.54) is 38.5 Å². The Labute approximate surface area is 186 Å². The summed E-state index contributed by atoms with van der Waals surface area (Å²) in [5.74, 6) is -0.0334. The SMILES string of the molecule is COC(=O)c1ccc(N2C[C@@H](Oc3ccc(C(F)(F)F)cc3)C[C@H]2COC(F)F)c(OC)c1. The topological polar surface area (TPSA) is 57.2 Å². The molecule has 0 spiro atoms. The molecule has 6 nitrogen and oxygen atoms in total. The van der Waals surface area contributed by atoms with Gasteiger partial charge < -0.3 is 23.8 Å². The fourth-order valence-corrected chi connectivity index (χ4v) is 3.67. The van der Waals surface area contributed by atoms with E-state index in [4.69, 9.17) is 14.2 Å². The van der Waals surface area contributed by atoms with Gasteiger partial charge in [0.05, 0.1) is 50.2 Å². The minimum atomic E-state index is -4.46. The van der Waals surface area contributed by atoms with Crippen LogP contribution in [0.5, 0.6) is 11.5 Å². The zero-order valence-corrected chi connectivity index (χ0v) is 17.8. The van der Waals surface area contributed by atoms with Crippen molar-refractivity contribution in [3.8, 4) is 11.5 Å². The van der Waals surface area contributed by atoms with Crippen molar-refractivity contribution in [3.05, 3.63) is 53.6 Å². The second-order valence-electron chi connectivity index (χ2n) is 7.28. The van der Waals surface area contributed by atoms with E-state index in [-0.39, 0.29) is 30.9 Å². The van der Waals surface area contributed by atoms with Crippen LogP contribution in [0.1, 0.15) is 22.3 Å². The highest BCUT2D eigenvalue weighted by Crippen LogP contribution is 2.36. The number of halogens is 5. The highest BCUT2D eigenvalue weighted by Gasteiger charge is 2.36. The zero-order valence-electron chi connectivity index (χ0n) is 17.8. The standard InChI is InChI=1S/C22H22F5NO5/c1-30-19-9-13(20(29)31-2)3-8-18(19)28-11-17(10-15(28)12-32-21(23)24)33-16-6-4-14(5-7-16)22(25,26)27/h3-9,15,17,21H,10-12H2,1-2H3/t15-,17-/m0/s1. The predicted octanol–water partition coefficient (Wildman–Crippen LogP) is 4.77. The van der Waals surface area contributed by atoms with Crippen LogP contribution >= 0.6 is 0 Å². The van der Waals surface area contributed by atoms with E-state index < -0.39 is 36.5 Å². The van der Waals surface area contributed by atoms with E-state index in [9.17, 15) is 26.7 Å². The van der Waals surface area contributed by atoms with Crippen LogP contribution in [0.15, 0.2) is 42.5 Å². The van der Waals surface area contributed by atoms with Crippen molar-refractivity contribution >= 4 is 11.7 Å². The van der Waals surface area contributed by atoms with E-state index >= 15 is 0 Å². The Morgan fingerprint density at radius 2 is 1.82 bits per heavy atom. The number of methoxy groups -OCH3 is 2. The Hall–Kier alpha value is -3.08. The van der Waals surface area contributed by atoms with Crippen molar-refractivity contribution in [1.29, 1.82) is 0 Å². The molecule has 1 aliphatic heterocycles. The molecule has 0 bridgehead atoms. The van der Waals surface area contributed by atoms with Crippen molar-refractivity contribution in [3.63, 3.8) is 0 Å². The lowest BCUT2D eigenvalue weighted by Gasteiger charge is -2.28. The number of anilines is 1. The minimum Gasteiger partial charge on any atom is -0.495 e. The van der Waals surface area contributed by atoms with E-state index in [1.807, 2.05) is 0 Å². The molecule has 0 N–H and O–H groups in total. The van der Waals surface area contributed by atoms with Gasteiger partial charge in [-0.2, -0.15) is 22.0 Å². The summed E-state index contributed by atoms with van der Waals surface area (Å²) < 4.78 is 84.1. The Balaban J connectivity index is 1.82. The van der Waals surface area contributed by atoms with E-state index in [2.05, 4.69) is 4.74 Å². The Bertz CT molecular complexity index is 951. The maximum atomic E-state index is 12.8. The van der Waals surface area contributed by atoms with Crippen LogP contribution in [0, 0.1) is 0 Å². The van der Waals surface area contributed by atoms with Gasteiger partial charge in [-0.15, -0.1) is 0 Å². The molecule has 0 radical (unpaired) electrons. The molecule has 0 amide bonds. The number of esters is 1. The number of alkyl halides is 5. The summed E-state index contributed by atoms with van der Waals surface area (Å²) in [7, 11) is 2.64. The number of ether oxygens (including phenoxy) is 4. The van der Waals surface area contributed by atoms with Gasteiger partial charge in [-0.05, 0) is 42.5 Å². The third-order valence-corrected chi connectivity index (χ3v) is 5.19. The van der Waals surface area contributed by atoms with Crippen molar-refractivity contribution in [2.24, 2.45) is 0 Å². The van der Waals surface area contributed by atoms with Crippen LogP contribution in [0.4, 0.5) is 27.6 Å². The molecule has 3 rings (SSSR count). The molecule has 2 aromatic carbocycles. The molecule has 1 fully saturated rings. The van der Waals surface area contributed by atoms with Crippen LogP contribution in [0.25, 0.3) is 0 Å². The fourth-order valence-electron chi connectivity index (χ4n) is 3.67. The summed E-state index contributed by atoms with van der Waals surface area (Å²) in [6.07, 6.45) is -4.71. The fraction of sp³-hybridized carbons (Fsp3) is 0.409. The number of benzene rings is 2. The van der Waals surface area contributed by atoms with Crippen LogP contribution in [-0.2, 0) is 15.7 Å². The molecule has 33 heavy (non-hydrogen) atoms. The first-order valence-corrected chi connectivity index (χ1v) is 9.89. The molecular formula is C22H22F5NO5. The van der Waals surface area contributed by atoms with Crippen LogP contribution in [0.3, 0.4) is 0 Å². The maximum Gasteiger partial charge on any atom is 0.416 e. The first-order chi connectivity index (χ1) is 15.6. The molecule has 0 saturated carbocycles. The molecule has 1 aliphatic rings. The first-order valence-electron chi connectivity index (χ1n) is 9.89. The molecule has 180 valence electrons. The number of nitrogens with zero attached hydrogens (tertiary/aromatic N) is 1. The van der Waals surface area contributed by atoms with Gasteiger partial charge in [-0.3, -0.25) is 0 Å². The Morgan fingerprint density at radius 1 is 1.12 bits per heavy atom. The molecule has 2 aromatic rings. The number of carbonyl (C=O) groups is 1. The quantitative estimate of drug-likeness (QED) is 0.405. The van der Waals surface area contributed by atoms with Crippen molar-refractivity contribution in [2.75, 3.05) is 32.3 Å². The first kappa shape index (κ1) is 24.6. The van der Waals surface area contributed by atoms with E-state index in [0.29, 0.717) is 11.4 Å². The van der Waals surface area contributed by atoms with Gasteiger partial charge in [0.1, 0.15) is 17.6 Å².